The molecule has 0 bridgehead atoms. The normalized spacial score (nSPS) is 11.2. The molecule has 4 nitrogen and oxygen atoms in total. The number of benzene rings is 6. The molecule has 174 valence electrons. The van der Waals surface area contributed by atoms with Crippen LogP contribution in [0.3, 0.4) is 0 Å². The van der Waals surface area contributed by atoms with Crippen molar-refractivity contribution in [2.45, 2.75) is 0 Å². The molecule has 6 aromatic rings. The number of phenolic OH excluding ortho intramolecular Hbond substituents is 4. The molecule has 0 aliphatic rings. The van der Waals surface area contributed by atoms with Crippen molar-refractivity contribution in [3.63, 3.8) is 0 Å². The predicted octanol–water partition coefficient (Wildman–Crippen LogP) is 7.82. The minimum atomic E-state index is -0.0508. The SMILES string of the molecule is Oc1ccccc1-c1cc2ccccc2c(-c2c(O)c(-c3ccccc3O)cc3ccccc23)c1O. The van der Waals surface area contributed by atoms with Gasteiger partial charge >= 0.3 is 0 Å². The van der Waals surface area contributed by atoms with Crippen LogP contribution in [0.2, 0.25) is 0 Å². The molecule has 6 rings (SSSR count). The van der Waals surface area contributed by atoms with Gasteiger partial charge in [0.2, 0.25) is 0 Å². The lowest BCUT2D eigenvalue weighted by atomic mass is 9.86. The third kappa shape index (κ3) is 3.31. The molecule has 0 atom stereocenters. The van der Waals surface area contributed by atoms with Gasteiger partial charge in [0.1, 0.15) is 23.0 Å². The van der Waals surface area contributed by atoms with Crippen molar-refractivity contribution < 1.29 is 20.4 Å². The standard InChI is InChI=1S/C32H22O4/c33-27-15-7-5-13-23(27)25-17-19-9-1-3-11-21(19)29(31(25)35)30-22-12-4-2-10-20(22)18-26(32(30)36)24-14-6-8-16-28(24)34/h1-18,33-36H. The van der Waals surface area contributed by atoms with Crippen LogP contribution in [0, 0.1) is 0 Å². The molecule has 0 heterocycles. The summed E-state index contributed by atoms with van der Waals surface area (Å²) in [4.78, 5) is 0. The van der Waals surface area contributed by atoms with Crippen molar-refractivity contribution in [3.8, 4) is 56.4 Å². The third-order valence-corrected chi connectivity index (χ3v) is 6.68. The highest BCUT2D eigenvalue weighted by Crippen LogP contribution is 2.52. The molecular formula is C32H22O4. The molecular weight excluding hydrogens is 448 g/mol. The van der Waals surface area contributed by atoms with Crippen LogP contribution in [0.15, 0.2) is 109 Å². The van der Waals surface area contributed by atoms with E-state index < -0.39 is 0 Å². The van der Waals surface area contributed by atoms with Crippen molar-refractivity contribution in [3.05, 3.63) is 109 Å². The quantitative estimate of drug-likeness (QED) is 0.213. The summed E-state index contributed by atoms with van der Waals surface area (Å²) in [6.45, 7) is 0. The highest BCUT2D eigenvalue weighted by Gasteiger charge is 2.24. The van der Waals surface area contributed by atoms with E-state index in [9.17, 15) is 20.4 Å². The Balaban J connectivity index is 1.79. The second kappa shape index (κ2) is 8.36. The Kier molecular flexibility index (Phi) is 5.01. The molecule has 4 heteroatoms. The molecule has 0 fully saturated rings. The van der Waals surface area contributed by atoms with E-state index in [0.29, 0.717) is 33.4 Å². The van der Waals surface area contributed by atoms with E-state index in [0.717, 1.165) is 21.5 Å². The number of para-hydroxylation sites is 2. The van der Waals surface area contributed by atoms with Gasteiger partial charge in [-0.3, -0.25) is 0 Å². The third-order valence-electron chi connectivity index (χ3n) is 6.68. The first-order chi connectivity index (χ1) is 17.5. The lowest BCUT2D eigenvalue weighted by Crippen LogP contribution is -1.92. The summed E-state index contributed by atoms with van der Waals surface area (Å²) in [7, 11) is 0. The van der Waals surface area contributed by atoms with Gasteiger partial charge in [-0.15, -0.1) is 0 Å². The van der Waals surface area contributed by atoms with E-state index in [1.54, 1.807) is 48.5 Å². The van der Waals surface area contributed by atoms with Gasteiger partial charge in [0.25, 0.3) is 0 Å². The molecule has 0 aliphatic carbocycles. The zero-order chi connectivity index (χ0) is 24.8. The summed E-state index contributed by atoms with van der Waals surface area (Å²) in [5, 5.41) is 47.9. The molecule has 6 aromatic carbocycles. The van der Waals surface area contributed by atoms with Gasteiger partial charge in [0.15, 0.2) is 0 Å². The second-order valence-corrected chi connectivity index (χ2v) is 8.77. The Morgan fingerprint density at radius 3 is 1.14 bits per heavy atom. The Morgan fingerprint density at radius 2 is 0.722 bits per heavy atom. The van der Waals surface area contributed by atoms with Crippen molar-refractivity contribution in [2.24, 2.45) is 0 Å². The summed E-state index contributed by atoms with van der Waals surface area (Å²) in [5.41, 5.74) is 2.80. The lowest BCUT2D eigenvalue weighted by Gasteiger charge is -2.20. The van der Waals surface area contributed by atoms with E-state index in [4.69, 9.17) is 0 Å². The largest absolute Gasteiger partial charge is 0.507 e. The van der Waals surface area contributed by atoms with Crippen molar-refractivity contribution in [2.75, 3.05) is 0 Å². The molecule has 36 heavy (non-hydrogen) atoms. The van der Waals surface area contributed by atoms with Crippen LogP contribution >= 0.6 is 0 Å². The Bertz CT molecular complexity index is 1650. The molecule has 0 unspecified atom stereocenters. The van der Waals surface area contributed by atoms with Crippen LogP contribution in [-0.4, -0.2) is 20.4 Å². The number of hydrogen-bond acceptors (Lipinski definition) is 4. The van der Waals surface area contributed by atoms with Gasteiger partial charge in [0, 0.05) is 33.4 Å². The highest BCUT2D eigenvalue weighted by molar-refractivity contribution is 6.14. The maximum atomic E-state index is 11.7. The first-order valence-electron chi connectivity index (χ1n) is 11.6. The summed E-state index contributed by atoms with van der Waals surface area (Å²) in [5.74, 6) is -0.00712. The fraction of sp³-hybridized carbons (Fsp3) is 0. The molecule has 0 aliphatic heterocycles. The minimum absolute atomic E-state index is 0.0473. The average Bonchev–Trinajstić information content (AvgIpc) is 2.90. The fourth-order valence-electron chi connectivity index (χ4n) is 4.99. The van der Waals surface area contributed by atoms with E-state index in [-0.39, 0.29) is 23.0 Å². The zero-order valence-corrected chi connectivity index (χ0v) is 19.2. The number of hydrogen-bond donors (Lipinski definition) is 4. The van der Waals surface area contributed by atoms with Crippen molar-refractivity contribution in [1.82, 2.24) is 0 Å². The van der Waals surface area contributed by atoms with Crippen LogP contribution in [-0.2, 0) is 0 Å². The van der Waals surface area contributed by atoms with Gasteiger partial charge < -0.3 is 20.4 Å². The highest BCUT2D eigenvalue weighted by atomic mass is 16.3. The van der Waals surface area contributed by atoms with Gasteiger partial charge in [-0.2, -0.15) is 0 Å². The Hall–Kier alpha value is -4.96. The van der Waals surface area contributed by atoms with E-state index >= 15 is 0 Å². The summed E-state index contributed by atoms with van der Waals surface area (Å²) >= 11 is 0. The number of phenols is 4. The molecule has 0 radical (unpaired) electrons. The zero-order valence-electron chi connectivity index (χ0n) is 19.2. The average molecular weight is 471 g/mol. The minimum Gasteiger partial charge on any atom is -0.507 e. The van der Waals surface area contributed by atoms with Gasteiger partial charge in [-0.05, 0) is 45.8 Å². The van der Waals surface area contributed by atoms with Crippen molar-refractivity contribution >= 4 is 21.5 Å². The lowest BCUT2D eigenvalue weighted by molar-refractivity contribution is 0.466. The van der Waals surface area contributed by atoms with Gasteiger partial charge in [-0.25, -0.2) is 0 Å². The van der Waals surface area contributed by atoms with E-state index in [1.807, 2.05) is 60.7 Å². The van der Waals surface area contributed by atoms with E-state index in [1.165, 1.54) is 0 Å². The van der Waals surface area contributed by atoms with Crippen LogP contribution in [0.5, 0.6) is 23.0 Å². The van der Waals surface area contributed by atoms with Crippen LogP contribution < -0.4 is 0 Å². The molecule has 0 aromatic heterocycles. The Morgan fingerprint density at radius 1 is 0.361 bits per heavy atom. The summed E-state index contributed by atoms with van der Waals surface area (Å²) in [6, 6.07) is 32.7. The molecule has 4 N–H and O–H groups in total. The van der Waals surface area contributed by atoms with Gasteiger partial charge in [0.05, 0.1) is 0 Å². The fourth-order valence-corrected chi connectivity index (χ4v) is 4.99. The summed E-state index contributed by atoms with van der Waals surface area (Å²) in [6.07, 6.45) is 0. The number of aromatic hydroxyl groups is 4. The van der Waals surface area contributed by atoms with Crippen LogP contribution in [0.1, 0.15) is 0 Å². The van der Waals surface area contributed by atoms with Gasteiger partial charge in [-0.1, -0.05) is 84.9 Å². The van der Waals surface area contributed by atoms with Crippen LogP contribution in [0.25, 0.3) is 54.9 Å². The first kappa shape index (κ1) is 21.6. The molecule has 0 amide bonds. The topological polar surface area (TPSA) is 80.9 Å². The molecule has 0 saturated heterocycles. The number of rotatable bonds is 3. The maximum absolute atomic E-state index is 11.7. The molecule has 0 spiro atoms. The predicted molar refractivity (Wildman–Crippen MR) is 144 cm³/mol. The first-order valence-corrected chi connectivity index (χ1v) is 11.6. The maximum Gasteiger partial charge on any atom is 0.132 e. The monoisotopic (exact) mass is 470 g/mol. The Labute approximate surface area is 207 Å². The van der Waals surface area contributed by atoms with Crippen LogP contribution in [0.4, 0.5) is 0 Å². The second-order valence-electron chi connectivity index (χ2n) is 8.77. The molecule has 0 saturated carbocycles. The smallest absolute Gasteiger partial charge is 0.132 e. The van der Waals surface area contributed by atoms with E-state index in [2.05, 4.69) is 0 Å². The summed E-state index contributed by atoms with van der Waals surface area (Å²) < 4.78 is 0. The van der Waals surface area contributed by atoms with Crippen molar-refractivity contribution in [1.29, 1.82) is 0 Å². The number of fused-ring (bicyclic) bond motifs is 2.